The Morgan fingerprint density at radius 2 is 2.08 bits per heavy atom. The molecule has 0 radical (unpaired) electrons. The SMILES string of the molecule is Cc1cc(OC2CCOCC2)ccc1N1C(=O)Nc2c(C(O)N[C@@H]3CCCN(C)C3)sc3nccc1c23. The minimum absolute atomic E-state index is 0.151. The summed E-state index contributed by atoms with van der Waals surface area (Å²) in [6, 6.07) is 7.64. The van der Waals surface area contributed by atoms with Crippen LogP contribution in [0.4, 0.5) is 21.9 Å². The number of likely N-dealkylation sites (N-methyl/N-ethyl adjacent to an activating group) is 1. The number of amides is 2. The van der Waals surface area contributed by atoms with Gasteiger partial charge in [-0.15, -0.1) is 11.3 Å². The zero-order chi connectivity index (χ0) is 25.5. The van der Waals surface area contributed by atoms with E-state index in [4.69, 9.17) is 9.47 Å². The van der Waals surface area contributed by atoms with Crippen molar-refractivity contribution in [3.05, 3.63) is 40.9 Å². The van der Waals surface area contributed by atoms with Crippen molar-refractivity contribution in [2.75, 3.05) is 43.6 Å². The highest BCUT2D eigenvalue weighted by Gasteiger charge is 2.34. The number of aliphatic hydroxyl groups excluding tert-OH is 1. The van der Waals surface area contributed by atoms with Gasteiger partial charge in [-0.2, -0.15) is 0 Å². The molecular formula is C27H33N5O4S. The van der Waals surface area contributed by atoms with Crippen molar-refractivity contribution in [3.8, 4) is 5.75 Å². The van der Waals surface area contributed by atoms with Crippen molar-refractivity contribution in [3.63, 3.8) is 0 Å². The Morgan fingerprint density at radius 1 is 1.24 bits per heavy atom. The van der Waals surface area contributed by atoms with Crippen LogP contribution in [0.2, 0.25) is 0 Å². The maximum Gasteiger partial charge on any atom is 0.331 e. The van der Waals surface area contributed by atoms with E-state index in [-0.39, 0.29) is 18.2 Å². The number of nitrogens with one attached hydrogen (secondary N) is 2. The predicted molar refractivity (Wildman–Crippen MR) is 145 cm³/mol. The number of anilines is 3. The van der Waals surface area contributed by atoms with E-state index in [1.165, 1.54) is 11.3 Å². The number of piperidine rings is 1. The van der Waals surface area contributed by atoms with Gasteiger partial charge in [-0.25, -0.2) is 9.78 Å². The fourth-order valence-corrected chi connectivity index (χ4v) is 6.64. The average molecular weight is 524 g/mol. The van der Waals surface area contributed by atoms with E-state index in [0.29, 0.717) is 10.6 Å². The minimum atomic E-state index is -0.881. The quantitative estimate of drug-likeness (QED) is 0.409. The molecule has 0 bridgehead atoms. The first-order valence-electron chi connectivity index (χ1n) is 13.0. The number of carbonyl (C=O) groups excluding carboxylic acids is 1. The van der Waals surface area contributed by atoms with E-state index in [2.05, 4.69) is 27.6 Å². The summed E-state index contributed by atoms with van der Waals surface area (Å²) in [5.41, 5.74) is 3.13. The summed E-state index contributed by atoms with van der Waals surface area (Å²) in [7, 11) is 2.10. The summed E-state index contributed by atoms with van der Waals surface area (Å²) in [5, 5.41) is 18.4. The van der Waals surface area contributed by atoms with Crippen LogP contribution in [0.15, 0.2) is 30.5 Å². The summed E-state index contributed by atoms with van der Waals surface area (Å²) in [4.78, 5) is 23.5. The molecule has 37 heavy (non-hydrogen) atoms. The number of nitrogens with zero attached hydrogens (tertiary/aromatic N) is 3. The molecule has 3 aliphatic rings. The Balaban J connectivity index is 1.30. The van der Waals surface area contributed by atoms with Gasteiger partial charge in [0.15, 0.2) is 0 Å². The molecule has 196 valence electrons. The van der Waals surface area contributed by atoms with Gasteiger partial charge >= 0.3 is 6.03 Å². The maximum atomic E-state index is 13.5. The molecule has 2 atom stereocenters. The van der Waals surface area contributed by atoms with E-state index >= 15 is 0 Å². The summed E-state index contributed by atoms with van der Waals surface area (Å²) < 4.78 is 11.6. The Labute approximate surface area is 220 Å². The number of aromatic nitrogens is 1. The average Bonchev–Trinajstić information content (AvgIpc) is 3.25. The Hall–Kier alpha value is -2.76. The van der Waals surface area contributed by atoms with Crippen LogP contribution in [0.5, 0.6) is 5.75 Å². The molecule has 10 heteroatoms. The largest absolute Gasteiger partial charge is 0.490 e. The van der Waals surface area contributed by atoms with Gasteiger partial charge < -0.3 is 24.8 Å². The molecular weight excluding hydrogens is 490 g/mol. The number of thiophene rings is 1. The van der Waals surface area contributed by atoms with E-state index < -0.39 is 6.23 Å². The van der Waals surface area contributed by atoms with Crippen molar-refractivity contribution in [2.24, 2.45) is 0 Å². The Kier molecular flexibility index (Phi) is 6.76. The summed E-state index contributed by atoms with van der Waals surface area (Å²) in [5.74, 6) is 0.798. The molecule has 3 aromatic rings. The topological polar surface area (TPSA) is 99.2 Å². The van der Waals surface area contributed by atoms with E-state index in [1.54, 1.807) is 11.1 Å². The van der Waals surface area contributed by atoms with Crippen LogP contribution < -0.4 is 20.3 Å². The van der Waals surface area contributed by atoms with Gasteiger partial charge in [-0.05, 0) is 63.2 Å². The molecule has 5 heterocycles. The molecule has 2 fully saturated rings. The third-order valence-electron chi connectivity index (χ3n) is 7.42. The number of aliphatic hydroxyl groups is 1. The second kappa shape index (κ2) is 10.2. The van der Waals surface area contributed by atoms with Gasteiger partial charge in [-0.3, -0.25) is 10.2 Å². The molecule has 6 rings (SSSR count). The molecule has 9 nitrogen and oxygen atoms in total. The zero-order valence-corrected chi connectivity index (χ0v) is 22.0. The first-order chi connectivity index (χ1) is 18.0. The van der Waals surface area contributed by atoms with Gasteiger partial charge in [0.2, 0.25) is 0 Å². The smallest absolute Gasteiger partial charge is 0.331 e. The molecule has 2 amide bonds. The molecule has 2 aromatic heterocycles. The standard InChI is InChI=1S/C27H33N5O4S/c1-16-14-19(36-18-8-12-35-13-9-18)5-6-20(16)32-21-7-10-28-26-22(21)23(30-27(32)34)24(37-26)25(33)29-17-4-3-11-31(2)15-17/h5-7,10,14,17-18,25,29,33H,3-4,8-9,11-13,15H2,1-2H3,(H,30,34)/t17-,25?/m1/s1. The molecule has 1 aromatic carbocycles. The highest BCUT2D eigenvalue weighted by Crippen LogP contribution is 2.48. The molecule has 0 spiro atoms. The number of hydrogen-bond donors (Lipinski definition) is 3. The molecule has 0 aliphatic carbocycles. The highest BCUT2D eigenvalue weighted by molar-refractivity contribution is 7.19. The number of aryl methyl sites for hydroxylation is 1. The first kappa shape index (κ1) is 24.6. The summed E-state index contributed by atoms with van der Waals surface area (Å²) in [6.45, 7) is 5.39. The Morgan fingerprint density at radius 3 is 2.86 bits per heavy atom. The van der Waals surface area contributed by atoms with Crippen LogP contribution in [-0.4, -0.2) is 66.5 Å². The van der Waals surface area contributed by atoms with Gasteiger partial charge in [0.25, 0.3) is 0 Å². The second-order valence-electron chi connectivity index (χ2n) is 10.2. The first-order valence-corrected chi connectivity index (χ1v) is 13.8. The van der Waals surface area contributed by atoms with Gasteiger partial charge in [0, 0.05) is 31.6 Å². The van der Waals surface area contributed by atoms with Crippen molar-refractivity contribution in [2.45, 2.75) is 51.0 Å². The van der Waals surface area contributed by atoms with Crippen LogP contribution in [0.25, 0.3) is 10.2 Å². The fourth-order valence-electron chi connectivity index (χ4n) is 5.58. The summed E-state index contributed by atoms with van der Waals surface area (Å²) >= 11 is 1.42. The van der Waals surface area contributed by atoms with Gasteiger partial charge in [0.1, 0.15) is 22.9 Å². The lowest BCUT2D eigenvalue weighted by Gasteiger charge is -2.32. The normalized spacial score (nSPS) is 21.8. The van der Waals surface area contributed by atoms with Crippen LogP contribution in [0, 0.1) is 6.92 Å². The number of pyridine rings is 1. The Bertz CT molecular complexity index is 1310. The monoisotopic (exact) mass is 523 g/mol. The molecule has 2 saturated heterocycles. The van der Waals surface area contributed by atoms with Gasteiger partial charge in [0.05, 0.1) is 40.5 Å². The van der Waals surface area contributed by atoms with Crippen molar-refractivity contribution < 1.29 is 19.4 Å². The van der Waals surface area contributed by atoms with Crippen molar-refractivity contribution >= 4 is 44.6 Å². The summed E-state index contributed by atoms with van der Waals surface area (Å²) in [6.07, 6.45) is 4.86. The molecule has 1 unspecified atom stereocenters. The van der Waals surface area contributed by atoms with Crippen LogP contribution in [-0.2, 0) is 4.74 Å². The van der Waals surface area contributed by atoms with Crippen LogP contribution in [0.1, 0.15) is 42.4 Å². The lowest BCUT2D eigenvalue weighted by Crippen LogP contribution is -2.45. The molecule has 3 N–H and O–H groups in total. The molecule has 0 saturated carbocycles. The van der Waals surface area contributed by atoms with Crippen LogP contribution >= 0.6 is 11.3 Å². The number of rotatable bonds is 6. The minimum Gasteiger partial charge on any atom is -0.490 e. The fraction of sp³-hybridized carbons (Fsp3) is 0.481. The zero-order valence-electron chi connectivity index (χ0n) is 21.2. The lowest BCUT2D eigenvalue weighted by molar-refractivity contribution is 0.0255. The van der Waals surface area contributed by atoms with Crippen molar-refractivity contribution in [1.82, 2.24) is 15.2 Å². The van der Waals surface area contributed by atoms with E-state index in [1.807, 2.05) is 31.2 Å². The number of ether oxygens (including phenoxy) is 2. The second-order valence-corrected chi connectivity index (χ2v) is 11.2. The molecule has 3 aliphatic heterocycles. The lowest BCUT2D eigenvalue weighted by atomic mass is 10.1. The van der Waals surface area contributed by atoms with E-state index in [0.717, 1.165) is 84.9 Å². The highest BCUT2D eigenvalue weighted by atomic mass is 32.1. The number of urea groups is 1. The number of likely N-dealkylation sites (tertiary alicyclic amines) is 1. The number of benzene rings is 1. The van der Waals surface area contributed by atoms with Crippen LogP contribution in [0.3, 0.4) is 0 Å². The number of hydrogen-bond acceptors (Lipinski definition) is 8. The van der Waals surface area contributed by atoms with E-state index in [9.17, 15) is 9.90 Å². The van der Waals surface area contributed by atoms with Crippen molar-refractivity contribution in [1.29, 1.82) is 0 Å². The van der Waals surface area contributed by atoms with Gasteiger partial charge in [-0.1, -0.05) is 0 Å². The number of carbonyl (C=O) groups is 1. The predicted octanol–water partition coefficient (Wildman–Crippen LogP) is 4.52. The maximum absolute atomic E-state index is 13.5. The third-order valence-corrected chi connectivity index (χ3v) is 8.57. The third kappa shape index (κ3) is 4.80.